The first kappa shape index (κ1) is 10.2. The SMILES string of the molecule is Brc1cocc1CCN1CCNCC1. The van der Waals surface area contributed by atoms with Gasteiger partial charge in [-0.3, -0.25) is 0 Å². The van der Waals surface area contributed by atoms with Gasteiger partial charge in [0.2, 0.25) is 0 Å². The van der Waals surface area contributed by atoms with Gasteiger partial charge in [-0.15, -0.1) is 0 Å². The van der Waals surface area contributed by atoms with Crippen LogP contribution in [0.1, 0.15) is 5.56 Å². The largest absolute Gasteiger partial charge is 0.471 e. The van der Waals surface area contributed by atoms with E-state index in [1.807, 2.05) is 6.26 Å². The molecule has 1 aromatic heterocycles. The van der Waals surface area contributed by atoms with Crippen molar-refractivity contribution in [3.8, 4) is 0 Å². The van der Waals surface area contributed by atoms with Gasteiger partial charge in [0.05, 0.1) is 10.7 Å². The molecule has 1 saturated heterocycles. The monoisotopic (exact) mass is 258 g/mol. The lowest BCUT2D eigenvalue weighted by Crippen LogP contribution is -2.44. The van der Waals surface area contributed by atoms with Crippen molar-refractivity contribution in [3.63, 3.8) is 0 Å². The Morgan fingerprint density at radius 2 is 2.14 bits per heavy atom. The number of nitrogens with zero attached hydrogens (tertiary/aromatic N) is 1. The average Bonchev–Trinajstić information content (AvgIpc) is 2.63. The van der Waals surface area contributed by atoms with Crippen molar-refractivity contribution in [2.45, 2.75) is 6.42 Å². The van der Waals surface area contributed by atoms with Crippen LogP contribution in [0.4, 0.5) is 0 Å². The molecule has 2 heterocycles. The van der Waals surface area contributed by atoms with E-state index >= 15 is 0 Å². The van der Waals surface area contributed by atoms with Gasteiger partial charge >= 0.3 is 0 Å². The molecule has 4 heteroatoms. The molecule has 1 N–H and O–H groups in total. The molecule has 1 fully saturated rings. The van der Waals surface area contributed by atoms with Gasteiger partial charge in [-0.05, 0) is 22.4 Å². The number of nitrogens with one attached hydrogen (secondary N) is 1. The first-order valence-corrected chi connectivity index (χ1v) is 5.79. The second-order valence-corrected chi connectivity index (χ2v) is 4.44. The summed E-state index contributed by atoms with van der Waals surface area (Å²) in [5, 5.41) is 3.35. The van der Waals surface area contributed by atoms with Crippen LogP contribution in [0.3, 0.4) is 0 Å². The van der Waals surface area contributed by atoms with Crippen molar-refractivity contribution in [1.29, 1.82) is 0 Å². The lowest BCUT2D eigenvalue weighted by Gasteiger charge is -2.26. The Morgan fingerprint density at radius 3 is 2.79 bits per heavy atom. The summed E-state index contributed by atoms with van der Waals surface area (Å²) in [4.78, 5) is 2.48. The van der Waals surface area contributed by atoms with Crippen molar-refractivity contribution >= 4 is 15.9 Å². The third-order valence-corrected chi connectivity index (χ3v) is 3.29. The maximum absolute atomic E-state index is 5.11. The Morgan fingerprint density at radius 1 is 1.36 bits per heavy atom. The molecule has 1 aliphatic rings. The summed E-state index contributed by atoms with van der Waals surface area (Å²) < 4.78 is 6.20. The lowest BCUT2D eigenvalue weighted by atomic mass is 10.2. The lowest BCUT2D eigenvalue weighted by molar-refractivity contribution is 0.243. The van der Waals surface area contributed by atoms with Crippen LogP contribution in [0.2, 0.25) is 0 Å². The van der Waals surface area contributed by atoms with Crippen molar-refractivity contribution in [2.75, 3.05) is 32.7 Å². The highest BCUT2D eigenvalue weighted by Gasteiger charge is 2.10. The van der Waals surface area contributed by atoms with Crippen molar-refractivity contribution < 1.29 is 4.42 Å². The summed E-state index contributed by atoms with van der Waals surface area (Å²) in [5.74, 6) is 0. The molecule has 0 unspecified atom stereocenters. The smallest absolute Gasteiger partial charge is 0.105 e. The minimum absolute atomic E-state index is 1.07. The number of hydrogen-bond donors (Lipinski definition) is 1. The van der Waals surface area contributed by atoms with Gasteiger partial charge in [-0.2, -0.15) is 0 Å². The Balaban J connectivity index is 1.79. The molecule has 1 aromatic rings. The first-order valence-electron chi connectivity index (χ1n) is 5.00. The second kappa shape index (κ2) is 4.96. The van der Waals surface area contributed by atoms with Crippen LogP contribution in [0.5, 0.6) is 0 Å². The van der Waals surface area contributed by atoms with E-state index < -0.39 is 0 Å². The van der Waals surface area contributed by atoms with Crippen molar-refractivity contribution in [3.05, 3.63) is 22.6 Å². The van der Waals surface area contributed by atoms with Gasteiger partial charge in [0.1, 0.15) is 6.26 Å². The highest BCUT2D eigenvalue weighted by atomic mass is 79.9. The van der Waals surface area contributed by atoms with Crippen LogP contribution in [-0.2, 0) is 6.42 Å². The quantitative estimate of drug-likeness (QED) is 0.891. The van der Waals surface area contributed by atoms with Crippen molar-refractivity contribution in [1.82, 2.24) is 10.2 Å². The summed E-state index contributed by atoms with van der Waals surface area (Å²) in [6.45, 7) is 5.68. The normalized spacial score (nSPS) is 18.6. The molecule has 0 atom stereocenters. The number of halogens is 1. The van der Waals surface area contributed by atoms with E-state index in [2.05, 4.69) is 26.1 Å². The number of rotatable bonds is 3. The zero-order valence-electron chi connectivity index (χ0n) is 8.13. The Kier molecular flexibility index (Phi) is 3.61. The Hall–Kier alpha value is -0.320. The molecule has 0 spiro atoms. The van der Waals surface area contributed by atoms with E-state index in [9.17, 15) is 0 Å². The summed E-state index contributed by atoms with van der Waals surface area (Å²) in [6, 6.07) is 0. The van der Waals surface area contributed by atoms with Gasteiger partial charge in [0.25, 0.3) is 0 Å². The molecule has 78 valence electrons. The van der Waals surface area contributed by atoms with E-state index in [1.54, 1.807) is 6.26 Å². The standard InChI is InChI=1S/C10H15BrN2O/c11-10-8-14-7-9(10)1-4-13-5-2-12-3-6-13/h7-8,12H,1-6H2. The van der Waals surface area contributed by atoms with Crippen LogP contribution in [-0.4, -0.2) is 37.6 Å². The number of hydrogen-bond acceptors (Lipinski definition) is 3. The summed E-state index contributed by atoms with van der Waals surface area (Å²) in [6.07, 6.45) is 4.64. The molecule has 3 nitrogen and oxygen atoms in total. The zero-order valence-corrected chi connectivity index (χ0v) is 9.72. The maximum atomic E-state index is 5.11. The molecule has 0 aliphatic carbocycles. The number of furan rings is 1. The van der Waals surface area contributed by atoms with Gasteiger partial charge in [0.15, 0.2) is 0 Å². The summed E-state index contributed by atoms with van der Waals surface area (Å²) >= 11 is 3.47. The van der Waals surface area contributed by atoms with Crippen molar-refractivity contribution in [2.24, 2.45) is 0 Å². The van der Waals surface area contributed by atoms with Gasteiger partial charge in [-0.25, -0.2) is 0 Å². The third kappa shape index (κ3) is 2.59. The maximum Gasteiger partial charge on any atom is 0.105 e. The fraction of sp³-hybridized carbons (Fsp3) is 0.600. The van der Waals surface area contributed by atoms with Gasteiger partial charge in [-0.1, -0.05) is 0 Å². The third-order valence-electron chi connectivity index (χ3n) is 2.60. The average molecular weight is 259 g/mol. The Bertz CT molecular complexity index is 281. The van der Waals surface area contributed by atoms with Crippen LogP contribution in [0, 0.1) is 0 Å². The zero-order chi connectivity index (χ0) is 9.80. The molecular formula is C10H15BrN2O. The van der Waals surface area contributed by atoms with E-state index in [0.29, 0.717) is 0 Å². The van der Waals surface area contributed by atoms with Gasteiger partial charge < -0.3 is 14.6 Å². The molecular weight excluding hydrogens is 244 g/mol. The van der Waals surface area contributed by atoms with E-state index in [0.717, 1.165) is 43.6 Å². The summed E-state index contributed by atoms with van der Waals surface area (Å²) in [5.41, 5.74) is 1.27. The Labute approximate surface area is 92.6 Å². The van der Waals surface area contributed by atoms with Crippen LogP contribution < -0.4 is 5.32 Å². The van der Waals surface area contributed by atoms with E-state index in [1.165, 1.54) is 5.56 Å². The fourth-order valence-corrected chi connectivity index (χ4v) is 2.10. The van der Waals surface area contributed by atoms with Crippen LogP contribution >= 0.6 is 15.9 Å². The van der Waals surface area contributed by atoms with Crippen LogP contribution in [0.25, 0.3) is 0 Å². The predicted molar refractivity (Wildman–Crippen MR) is 59.4 cm³/mol. The van der Waals surface area contributed by atoms with E-state index in [4.69, 9.17) is 4.42 Å². The molecule has 0 radical (unpaired) electrons. The molecule has 0 saturated carbocycles. The van der Waals surface area contributed by atoms with Gasteiger partial charge in [0, 0.05) is 38.3 Å². The predicted octanol–water partition coefficient (Wildman–Crippen LogP) is 1.49. The highest BCUT2D eigenvalue weighted by molar-refractivity contribution is 9.10. The number of piperazine rings is 1. The summed E-state index contributed by atoms with van der Waals surface area (Å²) in [7, 11) is 0. The first-order chi connectivity index (χ1) is 6.86. The topological polar surface area (TPSA) is 28.4 Å². The molecule has 0 bridgehead atoms. The minimum Gasteiger partial charge on any atom is -0.471 e. The highest BCUT2D eigenvalue weighted by Crippen LogP contribution is 2.18. The molecule has 0 amide bonds. The molecule has 1 aliphatic heterocycles. The second-order valence-electron chi connectivity index (χ2n) is 3.59. The van der Waals surface area contributed by atoms with Crippen LogP contribution in [0.15, 0.2) is 21.4 Å². The minimum atomic E-state index is 1.07. The molecule has 0 aromatic carbocycles. The van der Waals surface area contributed by atoms with E-state index in [-0.39, 0.29) is 0 Å². The fourth-order valence-electron chi connectivity index (χ4n) is 1.70. The molecule has 14 heavy (non-hydrogen) atoms. The molecule has 2 rings (SSSR count).